The molecule has 5 heteroatoms. The van der Waals surface area contributed by atoms with E-state index in [1.807, 2.05) is 34.6 Å². The number of carbonyl (C=O) groups excluding carboxylic acids is 2. The Hall–Kier alpha value is -1.10. The molecule has 0 aromatic heterocycles. The van der Waals surface area contributed by atoms with Crippen molar-refractivity contribution in [3.05, 3.63) is 0 Å². The second-order valence-corrected chi connectivity index (χ2v) is 5.62. The third-order valence-electron chi connectivity index (χ3n) is 4.26. The summed E-state index contributed by atoms with van der Waals surface area (Å²) < 4.78 is 5.37. The first-order chi connectivity index (χ1) is 9.44. The SMILES string of the molecule is CCOCCN1C(=O)C(C(C)C)NC(=O)C1(CC)CC. The largest absolute Gasteiger partial charge is 0.380 e. The molecule has 0 radical (unpaired) electrons. The molecule has 1 saturated heterocycles. The summed E-state index contributed by atoms with van der Waals surface area (Å²) in [7, 11) is 0. The molecular formula is C15H28N2O3. The van der Waals surface area contributed by atoms with Crippen LogP contribution in [0.4, 0.5) is 0 Å². The van der Waals surface area contributed by atoms with Crippen molar-refractivity contribution in [3.8, 4) is 0 Å². The van der Waals surface area contributed by atoms with Gasteiger partial charge in [0.1, 0.15) is 11.6 Å². The maximum absolute atomic E-state index is 12.7. The smallest absolute Gasteiger partial charge is 0.246 e. The van der Waals surface area contributed by atoms with Gasteiger partial charge < -0.3 is 15.0 Å². The molecular weight excluding hydrogens is 256 g/mol. The summed E-state index contributed by atoms with van der Waals surface area (Å²) in [6.45, 7) is 11.3. The van der Waals surface area contributed by atoms with Crippen molar-refractivity contribution in [1.82, 2.24) is 10.2 Å². The molecule has 0 saturated carbocycles. The van der Waals surface area contributed by atoms with E-state index in [4.69, 9.17) is 4.74 Å². The fourth-order valence-electron chi connectivity index (χ4n) is 2.87. The van der Waals surface area contributed by atoms with Gasteiger partial charge in [-0.2, -0.15) is 0 Å². The van der Waals surface area contributed by atoms with E-state index >= 15 is 0 Å². The van der Waals surface area contributed by atoms with Crippen LogP contribution in [-0.4, -0.2) is 48.1 Å². The van der Waals surface area contributed by atoms with Crippen LogP contribution in [0, 0.1) is 5.92 Å². The number of ether oxygens (including phenoxy) is 1. The van der Waals surface area contributed by atoms with Crippen molar-refractivity contribution < 1.29 is 14.3 Å². The number of piperazine rings is 1. The van der Waals surface area contributed by atoms with Crippen molar-refractivity contribution in [2.24, 2.45) is 5.92 Å². The van der Waals surface area contributed by atoms with Gasteiger partial charge in [-0.1, -0.05) is 27.7 Å². The molecule has 1 heterocycles. The molecule has 5 nitrogen and oxygen atoms in total. The Morgan fingerprint density at radius 1 is 1.25 bits per heavy atom. The first-order valence-electron chi connectivity index (χ1n) is 7.64. The number of hydrogen-bond acceptors (Lipinski definition) is 3. The zero-order chi connectivity index (χ0) is 15.3. The number of nitrogens with one attached hydrogen (secondary N) is 1. The highest BCUT2D eigenvalue weighted by Crippen LogP contribution is 2.30. The number of nitrogens with zero attached hydrogens (tertiary/aromatic N) is 1. The number of hydrogen-bond donors (Lipinski definition) is 1. The summed E-state index contributed by atoms with van der Waals surface area (Å²) in [5, 5.41) is 2.91. The highest BCUT2D eigenvalue weighted by atomic mass is 16.5. The fourth-order valence-corrected chi connectivity index (χ4v) is 2.87. The minimum Gasteiger partial charge on any atom is -0.380 e. The van der Waals surface area contributed by atoms with Crippen molar-refractivity contribution in [2.45, 2.75) is 59.0 Å². The second kappa shape index (κ2) is 7.07. The van der Waals surface area contributed by atoms with Gasteiger partial charge in [0.05, 0.1) is 6.61 Å². The maximum atomic E-state index is 12.7. The molecule has 1 rings (SSSR count). The van der Waals surface area contributed by atoms with E-state index < -0.39 is 11.6 Å². The Bertz CT molecular complexity index is 351. The average Bonchev–Trinajstić information content (AvgIpc) is 2.42. The van der Waals surface area contributed by atoms with Gasteiger partial charge in [0.2, 0.25) is 11.8 Å². The Labute approximate surface area is 122 Å². The highest BCUT2D eigenvalue weighted by molar-refractivity contribution is 5.99. The lowest BCUT2D eigenvalue weighted by molar-refractivity contribution is -0.160. The van der Waals surface area contributed by atoms with Gasteiger partial charge in [0.25, 0.3) is 0 Å². The van der Waals surface area contributed by atoms with Crippen LogP contribution in [-0.2, 0) is 14.3 Å². The summed E-state index contributed by atoms with van der Waals surface area (Å²) in [4.78, 5) is 27.0. The Morgan fingerprint density at radius 2 is 1.85 bits per heavy atom. The predicted octanol–water partition coefficient (Wildman–Crippen LogP) is 1.56. The standard InChI is InChI=1S/C15H28N2O3/c1-6-15(7-2)14(19)16-12(11(4)5)13(18)17(15)9-10-20-8-3/h11-12H,6-10H2,1-5H3,(H,16,19). The molecule has 1 unspecified atom stereocenters. The molecule has 116 valence electrons. The fraction of sp³-hybridized carbons (Fsp3) is 0.867. The zero-order valence-electron chi connectivity index (χ0n) is 13.4. The Kier molecular flexibility index (Phi) is 5.99. The summed E-state index contributed by atoms with van der Waals surface area (Å²) in [5.74, 6) is 0.0769. The van der Waals surface area contributed by atoms with Crippen LogP contribution >= 0.6 is 0 Å². The molecule has 1 N–H and O–H groups in total. The minimum absolute atomic E-state index is 0.0167. The molecule has 20 heavy (non-hydrogen) atoms. The highest BCUT2D eigenvalue weighted by Gasteiger charge is 2.50. The first-order valence-corrected chi connectivity index (χ1v) is 7.64. The van der Waals surface area contributed by atoms with Gasteiger partial charge in [-0.3, -0.25) is 9.59 Å². The van der Waals surface area contributed by atoms with E-state index in [1.54, 1.807) is 4.90 Å². The molecule has 1 aliphatic rings. The summed E-state index contributed by atoms with van der Waals surface area (Å²) >= 11 is 0. The quantitative estimate of drug-likeness (QED) is 0.722. The van der Waals surface area contributed by atoms with Gasteiger partial charge in [-0.05, 0) is 25.7 Å². The van der Waals surface area contributed by atoms with Crippen molar-refractivity contribution >= 4 is 11.8 Å². The van der Waals surface area contributed by atoms with E-state index in [9.17, 15) is 9.59 Å². The van der Waals surface area contributed by atoms with Gasteiger partial charge >= 0.3 is 0 Å². The molecule has 0 spiro atoms. The predicted molar refractivity (Wildman–Crippen MR) is 78.3 cm³/mol. The first kappa shape index (κ1) is 17.0. The van der Waals surface area contributed by atoms with Crippen LogP contribution in [0.1, 0.15) is 47.5 Å². The number of carbonyl (C=O) groups is 2. The number of amides is 2. The minimum atomic E-state index is -0.723. The Morgan fingerprint density at radius 3 is 2.30 bits per heavy atom. The maximum Gasteiger partial charge on any atom is 0.246 e. The molecule has 1 aliphatic heterocycles. The zero-order valence-corrected chi connectivity index (χ0v) is 13.4. The lowest BCUT2D eigenvalue weighted by Gasteiger charge is -2.48. The summed E-state index contributed by atoms with van der Waals surface area (Å²) in [6, 6.07) is -0.421. The van der Waals surface area contributed by atoms with Gasteiger partial charge in [0, 0.05) is 13.2 Å². The third kappa shape index (κ3) is 2.97. The summed E-state index contributed by atoms with van der Waals surface area (Å²) in [5.41, 5.74) is -0.723. The van der Waals surface area contributed by atoms with Gasteiger partial charge in [-0.25, -0.2) is 0 Å². The van der Waals surface area contributed by atoms with Crippen LogP contribution < -0.4 is 5.32 Å². The second-order valence-electron chi connectivity index (χ2n) is 5.62. The average molecular weight is 284 g/mol. The van der Waals surface area contributed by atoms with E-state index in [-0.39, 0.29) is 17.7 Å². The van der Waals surface area contributed by atoms with Crippen LogP contribution in [0.15, 0.2) is 0 Å². The topological polar surface area (TPSA) is 58.6 Å². The van der Waals surface area contributed by atoms with Gasteiger partial charge in [0.15, 0.2) is 0 Å². The molecule has 0 aromatic rings. The third-order valence-corrected chi connectivity index (χ3v) is 4.26. The van der Waals surface area contributed by atoms with E-state index in [0.29, 0.717) is 32.6 Å². The molecule has 0 aliphatic carbocycles. The monoisotopic (exact) mass is 284 g/mol. The molecule has 0 aromatic carbocycles. The Balaban J connectivity index is 3.03. The van der Waals surface area contributed by atoms with Crippen LogP contribution in [0.5, 0.6) is 0 Å². The van der Waals surface area contributed by atoms with E-state index in [1.165, 1.54) is 0 Å². The summed E-state index contributed by atoms with van der Waals surface area (Å²) in [6.07, 6.45) is 1.25. The van der Waals surface area contributed by atoms with Crippen molar-refractivity contribution in [1.29, 1.82) is 0 Å². The molecule has 1 fully saturated rings. The molecule has 2 amide bonds. The van der Waals surface area contributed by atoms with E-state index in [2.05, 4.69) is 5.32 Å². The normalized spacial score (nSPS) is 22.3. The van der Waals surface area contributed by atoms with Crippen LogP contribution in [0.25, 0.3) is 0 Å². The van der Waals surface area contributed by atoms with Crippen LogP contribution in [0.3, 0.4) is 0 Å². The van der Waals surface area contributed by atoms with Crippen molar-refractivity contribution in [3.63, 3.8) is 0 Å². The number of rotatable bonds is 7. The van der Waals surface area contributed by atoms with Gasteiger partial charge in [-0.15, -0.1) is 0 Å². The molecule has 1 atom stereocenters. The van der Waals surface area contributed by atoms with E-state index in [0.717, 1.165) is 0 Å². The lowest BCUT2D eigenvalue weighted by atomic mass is 9.84. The molecule has 0 bridgehead atoms. The van der Waals surface area contributed by atoms with Crippen LogP contribution in [0.2, 0.25) is 0 Å². The van der Waals surface area contributed by atoms with Crippen molar-refractivity contribution in [2.75, 3.05) is 19.8 Å². The lowest BCUT2D eigenvalue weighted by Crippen LogP contribution is -2.71.